The van der Waals surface area contributed by atoms with E-state index in [1.165, 1.54) is 4.90 Å². The van der Waals surface area contributed by atoms with Crippen molar-refractivity contribution in [2.45, 2.75) is 18.8 Å². The van der Waals surface area contributed by atoms with E-state index in [-0.39, 0.29) is 24.4 Å². The van der Waals surface area contributed by atoms with Crippen LogP contribution in [0.25, 0.3) is 11.1 Å². The second kappa shape index (κ2) is 6.24. The lowest BCUT2D eigenvalue weighted by Crippen LogP contribution is -2.44. The molecule has 4 rings (SSSR count). The van der Waals surface area contributed by atoms with E-state index in [1.54, 1.807) is 0 Å². The molecule has 1 N–H and O–H groups in total. The van der Waals surface area contributed by atoms with Gasteiger partial charge in [0.15, 0.2) is 11.5 Å². The van der Waals surface area contributed by atoms with Crippen LogP contribution in [-0.4, -0.2) is 59.4 Å². The normalized spacial score (nSPS) is 22.1. The number of hydrogen-bond acceptors (Lipinski definition) is 5. The van der Waals surface area contributed by atoms with Gasteiger partial charge < -0.3 is 9.73 Å². The summed E-state index contributed by atoms with van der Waals surface area (Å²) >= 11 is 0. The largest absolute Gasteiger partial charge is 0.440 e. The molecule has 2 fully saturated rings. The van der Waals surface area contributed by atoms with Crippen molar-refractivity contribution >= 4 is 23.0 Å². The first-order valence-electron chi connectivity index (χ1n) is 8.37. The first-order valence-corrected chi connectivity index (χ1v) is 8.37. The summed E-state index contributed by atoms with van der Waals surface area (Å²) in [5, 5.41) is 2.66. The number of urea groups is 1. The summed E-state index contributed by atoms with van der Waals surface area (Å²) < 4.78 is 5.88. The predicted molar refractivity (Wildman–Crippen MR) is 87.5 cm³/mol. The molecule has 126 valence electrons. The molecule has 1 unspecified atom stereocenters. The number of amides is 3. The Labute approximate surface area is 139 Å². The molecular weight excluding hydrogens is 308 g/mol. The van der Waals surface area contributed by atoms with Crippen LogP contribution in [-0.2, 0) is 4.79 Å². The highest BCUT2D eigenvalue weighted by Crippen LogP contribution is 2.28. The topological polar surface area (TPSA) is 78.7 Å². The average Bonchev–Trinajstić information content (AvgIpc) is 3.21. The summed E-state index contributed by atoms with van der Waals surface area (Å²) in [4.78, 5) is 31.9. The first-order chi connectivity index (χ1) is 11.7. The van der Waals surface area contributed by atoms with Gasteiger partial charge in [-0.25, -0.2) is 9.78 Å². The van der Waals surface area contributed by atoms with Crippen molar-refractivity contribution in [1.82, 2.24) is 20.1 Å². The highest BCUT2D eigenvalue weighted by Gasteiger charge is 2.30. The summed E-state index contributed by atoms with van der Waals surface area (Å²) in [5.41, 5.74) is 1.67. The lowest BCUT2D eigenvalue weighted by molar-refractivity contribution is -0.129. The quantitative estimate of drug-likeness (QED) is 0.925. The van der Waals surface area contributed by atoms with E-state index >= 15 is 0 Å². The molecule has 0 bridgehead atoms. The van der Waals surface area contributed by atoms with Gasteiger partial charge in [0, 0.05) is 25.6 Å². The molecule has 1 aromatic heterocycles. The number of fused-ring (bicyclic) bond motifs is 1. The third-order valence-corrected chi connectivity index (χ3v) is 4.68. The zero-order valence-electron chi connectivity index (χ0n) is 13.4. The molecule has 7 heteroatoms. The van der Waals surface area contributed by atoms with Crippen LogP contribution in [0.5, 0.6) is 0 Å². The molecule has 0 aliphatic carbocycles. The first kappa shape index (κ1) is 15.1. The second-order valence-corrected chi connectivity index (χ2v) is 6.37. The van der Waals surface area contributed by atoms with Crippen LogP contribution in [0, 0.1) is 0 Å². The van der Waals surface area contributed by atoms with Crippen LogP contribution in [0.1, 0.15) is 24.7 Å². The maximum atomic E-state index is 12.3. The maximum Gasteiger partial charge on any atom is 0.324 e. The summed E-state index contributed by atoms with van der Waals surface area (Å²) in [6.07, 6.45) is 1.99. The number of nitrogens with one attached hydrogen (secondary N) is 1. The van der Waals surface area contributed by atoms with Gasteiger partial charge in [-0.2, -0.15) is 0 Å². The van der Waals surface area contributed by atoms with Crippen LogP contribution in [0.3, 0.4) is 0 Å². The smallest absolute Gasteiger partial charge is 0.324 e. The molecule has 0 radical (unpaired) electrons. The molecule has 2 aliphatic rings. The molecule has 24 heavy (non-hydrogen) atoms. The number of benzene rings is 1. The van der Waals surface area contributed by atoms with E-state index in [0.717, 1.165) is 42.9 Å². The van der Waals surface area contributed by atoms with E-state index in [9.17, 15) is 9.59 Å². The Balaban J connectivity index is 1.43. The van der Waals surface area contributed by atoms with Crippen molar-refractivity contribution in [2.24, 2.45) is 0 Å². The van der Waals surface area contributed by atoms with Crippen molar-refractivity contribution in [3.05, 3.63) is 30.2 Å². The molecule has 2 aromatic rings. The Hall–Kier alpha value is -2.41. The van der Waals surface area contributed by atoms with Gasteiger partial charge >= 0.3 is 6.03 Å². The molecule has 1 atom stereocenters. The second-order valence-electron chi connectivity index (χ2n) is 6.37. The molecule has 2 saturated heterocycles. The Morgan fingerprint density at radius 3 is 3.00 bits per heavy atom. The predicted octanol–water partition coefficient (Wildman–Crippen LogP) is 1.56. The average molecular weight is 328 g/mol. The lowest BCUT2D eigenvalue weighted by atomic mass is 9.98. The van der Waals surface area contributed by atoms with E-state index in [4.69, 9.17) is 4.42 Å². The number of aromatic nitrogens is 1. The van der Waals surface area contributed by atoms with Crippen molar-refractivity contribution in [3.63, 3.8) is 0 Å². The SMILES string of the molecule is O=C(CN1CCCC(c2nc3ccccc3o2)C1)N1CCNC1=O. The van der Waals surface area contributed by atoms with Crippen LogP contribution >= 0.6 is 0 Å². The van der Waals surface area contributed by atoms with Crippen molar-refractivity contribution in [1.29, 1.82) is 0 Å². The number of hydrogen-bond donors (Lipinski definition) is 1. The standard InChI is InChI=1S/C17H20N4O3/c22-15(21-9-7-18-17(21)23)11-20-8-3-4-12(10-20)16-19-13-5-1-2-6-14(13)24-16/h1-2,5-6,12H,3-4,7-11H2,(H,18,23). The fourth-order valence-corrected chi connectivity index (χ4v) is 3.45. The van der Waals surface area contributed by atoms with Gasteiger partial charge in [-0.1, -0.05) is 12.1 Å². The third kappa shape index (κ3) is 2.87. The zero-order valence-corrected chi connectivity index (χ0v) is 13.4. The van der Waals surface area contributed by atoms with Gasteiger partial charge in [0.2, 0.25) is 5.91 Å². The van der Waals surface area contributed by atoms with Gasteiger partial charge in [-0.3, -0.25) is 14.6 Å². The third-order valence-electron chi connectivity index (χ3n) is 4.68. The Morgan fingerprint density at radius 1 is 1.33 bits per heavy atom. The molecule has 1 aromatic carbocycles. The van der Waals surface area contributed by atoms with Crippen LogP contribution < -0.4 is 5.32 Å². The van der Waals surface area contributed by atoms with Gasteiger partial charge in [0.1, 0.15) is 5.52 Å². The number of rotatable bonds is 3. The van der Waals surface area contributed by atoms with E-state index in [1.807, 2.05) is 24.3 Å². The molecule has 0 saturated carbocycles. The summed E-state index contributed by atoms with van der Waals surface area (Å²) in [5.74, 6) is 0.793. The number of carbonyl (C=O) groups is 2. The van der Waals surface area contributed by atoms with Gasteiger partial charge in [-0.05, 0) is 31.5 Å². The summed E-state index contributed by atoms with van der Waals surface area (Å²) in [6.45, 7) is 2.85. The fourth-order valence-electron chi connectivity index (χ4n) is 3.45. The Kier molecular flexibility index (Phi) is 3.93. The molecule has 3 amide bonds. The van der Waals surface area contributed by atoms with Gasteiger partial charge in [-0.15, -0.1) is 0 Å². The highest BCUT2D eigenvalue weighted by atomic mass is 16.3. The number of nitrogens with zero attached hydrogens (tertiary/aromatic N) is 3. The van der Waals surface area contributed by atoms with Gasteiger partial charge in [0.05, 0.1) is 6.54 Å². The van der Waals surface area contributed by atoms with Crippen LogP contribution in [0.4, 0.5) is 4.79 Å². The lowest BCUT2D eigenvalue weighted by Gasteiger charge is -2.31. The summed E-state index contributed by atoms with van der Waals surface area (Å²) in [6, 6.07) is 7.46. The number of carbonyl (C=O) groups excluding carboxylic acids is 2. The molecular formula is C17H20N4O3. The van der Waals surface area contributed by atoms with Crippen molar-refractivity contribution < 1.29 is 14.0 Å². The monoisotopic (exact) mass is 328 g/mol. The minimum Gasteiger partial charge on any atom is -0.440 e. The van der Waals surface area contributed by atoms with E-state index in [0.29, 0.717) is 13.1 Å². The highest BCUT2D eigenvalue weighted by molar-refractivity contribution is 5.96. The minimum absolute atomic E-state index is 0.136. The molecule has 0 spiro atoms. The number of piperidine rings is 1. The van der Waals surface area contributed by atoms with E-state index < -0.39 is 0 Å². The molecule has 2 aliphatic heterocycles. The molecule has 3 heterocycles. The zero-order chi connectivity index (χ0) is 16.5. The number of oxazole rings is 1. The minimum atomic E-state index is -0.285. The number of para-hydroxylation sites is 2. The number of likely N-dealkylation sites (tertiary alicyclic amines) is 1. The Bertz CT molecular complexity index is 739. The van der Waals surface area contributed by atoms with Gasteiger partial charge in [0.25, 0.3) is 0 Å². The van der Waals surface area contributed by atoms with Crippen molar-refractivity contribution in [3.8, 4) is 0 Å². The van der Waals surface area contributed by atoms with Crippen molar-refractivity contribution in [2.75, 3.05) is 32.7 Å². The Morgan fingerprint density at radius 2 is 2.21 bits per heavy atom. The van der Waals surface area contributed by atoms with Crippen LogP contribution in [0.2, 0.25) is 0 Å². The summed E-state index contributed by atoms with van der Waals surface area (Å²) in [7, 11) is 0. The molecule has 7 nitrogen and oxygen atoms in total. The van der Waals surface area contributed by atoms with Crippen LogP contribution in [0.15, 0.2) is 28.7 Å². The van der Waals surface area contributed by atoms with E-state index in [2.05, 4.69) is 15.2 Å². The number of imide groups is 1. The fraction of sp³-hybridized carbons (Fsp3) is 0.471. The maximum absolute atomic E-state index is 12.3.